The molecule has 0 rings (SSSR count). The molecule has 1 N–H and O–H groups in total. The van der Waals surface area contributed by atoms with E-state index in [4.69, 9.17) is 5.11 Å². The van der Waals surface area contributed by atoms with Crippen LogP contribution in [0.4, 0.5) is 4.39 Å². The van der Waals surface area contributed by atoms with Crippen LogP contribution in [-0.4, -0.2) is 17.4 Å². The van der Waals surface area contributed by atoms with Crippen molar-refractivity contribution in [1.29, 1.82) is 0 Å². The molecule has 0 bridgehead atoms. The van der Waals surface area contributed by atoms with Crippen LogP contribution in [0, 0.1) is 5.92 Å². The molecule has 8 heavy (non-hydrogen) atoms. The second kappa shape index (κ2) is 3.02. The zero-order chi connectivity index (χ0) is 6.73. The second-order valence-corrected chi connectivity index (χ2v) is 2.43. The van der Waals surface area contributed by atoms with Crippen LogP contribution in [-0.2, 0) is 0 Å². The smallest absolute Gasteiger partial charge is 0.128 e. The van der Waals surface area contributed by atoms with Gasteiger partial charge in [-0.3, -0.25) is 0 Å². The molecule has 2 atom stereocenters. The standard InChI is InChI=1S/C6H13FO/c1-4(2)6(7)5(3)8/h4-6,8H,1-3H3/t5-,6?/m0/s1. The Hall–Kier alpha value is -0.110. The van der Waals surface area contributed by atoms with Crippen molar-refractivity contribution in [1.82, 2.24) is 0 Å². The number of hydrogen-bond donors (Lipinski definition) is 1. The maximum Gasteiger partial charge on any atom is 0.128 e. The molecule has 0 aromatic carbocycles. The van der Waals surface area contributed by atoms with E-state index in [1.165, 1.54) is 6.92 Å². The molecule has 1 unspecified atom stereocenters. The summed E-state index contributed by atoms with van der Waals surface area (Å²) in [6.07, 6.45) is -1.90. The van der Waals surface area contributed by atoms with Gasteiger partial charge in [-0.05, 0) is 12.8 Å². The van der Waals surface area contributed by atoms with Gasteiger partial charge in [0.15, 0.2) is 0 Å². The zero-order valence-electron chi connectivity index (χ0n) is 5.56. The van der Waals surface area contributed by atoms with Gasteiger partial charge in [0.1, 0.15) is 6.17 Å². The molecule has 0 spiro atoms. The molecule has 50 valence electrons. The van der Waals surface area contributed by atoms with Crippen molar-refractivity contribution in [3.05, 3.63) is 0 Å². The lowest BCUT2D eigenvalue weighted by atomic mass is 10.1. The van der Waals surface area contributed by atoms with Crippen LogP contribution in [0.5, 0.6) is 0 Å². The van der Waals surface area contributed by atoms with Gasteiger partial charge in [0.2, 0.25) is 0 Å². The van der Waals surface area contributed by atoms with Gasteiger partial charge in [-0.2, -0.15) is 0 Å². The molecule has 0 aliphatic rings. The fourth-order valence-corrected chi connectivity index (χ4v) is 0.557. The van der Waals surface area contributed by atoms with Crippen LogP contribution in [0.2, 0.25) is 0 Å². The molecular weight excluding hydrogens is 107 g/mol. The van der Waals surface area contributed by atoms with Crippen molar-refractivity contribution in [2.45, 2.75) is 33.0 Å². The molecule has 0 aliphatic heterocycles. The fourth-order valence-electron chi connectivity index (χ4n) is 0.557. The monoisotopic (exact) mass is 120 g/mol. The van der Waals surface area contributed by atoms with Crippen LogP contribution < -0.4 is 0 Å². The molecule has 0 radical (unpaired) electrons. The van der Waals surface area contributed by atoms with Crippen molar-refractivity contribution < 1.29 is 9.50 Å². The number of aliphatic hydroxyl groups excluding tert-OH is 1. The largest absolute Gasteiger partial charge is 0.390 e. The topological polar surface area (TPSA) is 20.2 Å². The third-order valence-electron chi connectivity index (χ3n) is 1.10. The molecule has 0 aromatic heterocycles. The molecule has 0 saturated heterocycles. The van der Waals surface area contributed by atoms with Crippen LogP contribution in [0.1, 0.15) is 20.8 Å². The maximum atomic E-state index is 12.4. The van der Waals surface area contributed by atoms with Crippen molar-refractivity contribution in [2.24, 2.45) is 5.92 Å². The summed E-state index contributed by atoms with van der Waals surface area (Å²) in [4.78, 5) is 0. The summed E-state index contributed by atoms with van der Waals surface area (Å²) < 4.78 is 12.4. The Labute approximate surface area is 49.5 Å². The minimum Gasteiger partial charge on any atom is -0.390 e. The number of alkyl halides is 1. The van der Waals surface area contributed by atoms with Crippen molar-refractivity contribution >= 4 is 0 Å². The van der Waals surface area contributed by atoms with E-state index in [0.717, 1.165) is 0 Å². The predicted molar refractivity (Wildman–Crippen MR) is 31.4 cm³/mol. The molecular formula is C6H13FO. The van der Waals surface area contributed by atoms with Crippen molar-refractivity contribution in [2.75, 3.05) is 0 Å². The van der Waals surface area contributed by atoms with Gasteiger partial charge in [0, 0.05) is 0 Å². The first-order chi connectivity index (χ1) is 3.55. The van der Waals surface area contributed by atoms with Gasteiger partial charge in [0.05, 0.1) is 6.10 Å². The molecule has 0 saturated carbocycles. The Kier molecular flexibility index (Phi) is 2.98. The van der Waals surface area contributed by atoms with E-state index in [-0.39, 0.29) is 5.92 Å². The van der Waals surface area contributed by atoms with Crippen LogP contribution in [0.15, 0.2) is 0 Å². The Morgan fingerprint density at radius 1 is 1.25 bits per heavy atom. The van der Waals surface area contributed by atoms with Gasteiger partial charge >= 0.3 is 0 Å². The highest BCUT2D eigenvalue weighted by atomic mass is 19.1. The predicted octanol–water partition coefficient (Wildman–Crippen LogP) is 1.36. The van der Waals surface area contributed by atoms with E-state index < -0.39 is 12.3 Å². The summed E-state index contributed by atoms with van der Waals surface area (Å²) >= 11 is 0. The highest BCUT2D eigenvalue weighted by molar-refractivity contribution is 4.65. The summed E-state index contributed by atoms with van der Waals surface area (Å²) in [5, 5.41) is 8.62. The number of aliphatic hydroxyl groups is 1. The lowest BCUT2D eigenvalue weighted by Gasteiger charge is -2.13. The Balaban J connectivity index is 3.46. The summed E-state index contributed by atoms with van der Waals surface area (Å²) in [7, 11) is 0. The van der Waals surface area contributed by atoms with Gasteiger partial charge in [-0.15, -0.1) is 0 Å². The van der Waals surface area contributed by atoms with Crippen LogP contribution >= 0.6 is 0 Å². The van der Waals surface area contributed by atoms with E-state index in [2.05, 4.69) is 0 Å². The molecule has 1 nitrogen and oxygen atoms in total. The third-order valence-corrected chi connectivity index (χ3v) is 1.10. The average molecular weight is 120 g/mol. The van der Waals surface area contributed by atoms with E-state index >= 15 is 0 Å². The summed E-state index contributed by atoms with van der Waals surface area (Å²) in [5.74, 6) is -0.0741. The average Bonchev–Trinajstić information content (AvgIpc) is 1.64. The van der Waals surface area contributed by atoms with E-state index in [1.54, 1.807) is 13.8 Å². The van der Waals surface area contributed by atoms with Gasteiger partial charge in [0.25, 0.3) is 0 Å². The zero-order valence-corrected chi connectivity index (χ0v) is 5.56. The van der Waals surface area contributed by atoms with E-state index in [0.29, 0.717) is 0 Å². The summed E-state index contributed by atoms with van der Waals surface area (Å²) in [5.41, 5.74) is 0. The minimum atomic E-state index is -1.07. The molecule has 2 heteroatoms. The Morgan fingerprint density at radius 3 is 1.62 bits per heavy atom. The highest BCUT2D eigenvalue weighted by Crippen LogP contribution is 2.09. The normalized spacial score (nSPS) is 18.8. The molecule has 0 aromatic rings. The first-order valence-corrected chi connectivity index (χ1v) is 2.88. The SMILES string of the molecule is CC(C)C(F)[C@H](C)O. The van der Waals surface area contributed by atoms with Crippen LogP contribution in [0.3, 0.4) is 0 Å². The van der Waals surface area contributed by atoms with Gasteiger partial charge in [-0.1, -0.05) is 13.8 Å². The Bertz CT molecular complexity index is 53.5. The first kappa shape index (κ1) is 7.89. The minimum absolute atomic E-state index is 0.0741. The molecule has 0 fully saturated rings. The first-order valence-electron chi connectivity index (χ1n) is 2.88. The number of halogens is 1. The third kappa shape index (κ3) is 2.26. The van der Waals surface area contributed by atoms with Crippen molar-refractivity contribution in [3.63, 3.8) is 0 Å². The van der Waals surface area contributed by atoms with Crippen LogP contribution in [0.25, 0.3) is 0 Å². The van der Waals surface area contributed by atoms with E-state index in [9.17, 15) is 4.39 Å². The van der Waals surface area contributed by atoms with Gasteiger partial charge < -0.3 is 5.11 Å². The highest BCUT2D eigenvalue weighted by Gasteiger charge is 2.16. The lowest BCUT2D eigenvalue weighted by molar-refractivity contribution is 0.0649. The maximum absolute atomic E-state index is 12.4. The Morgan fingerprint density at radius 2 is 1.62 bits per heavy atom. The number of hydrogen-bond acceptors (Lipinski definition) is 1. The second-order valence-electron chi connectivity index (χ2n) is 2.43. The fraction of sp³-hybridized carbons (Fsp3) is 1.00. The molecule has 0 amide bonds. The summed E-state index contributed by atoms with van der Waals surface area (Å²) in [6.45, 7) is 4.96. The number of rotatable bonds is 2. The molecule has 0 heterocycles. The van der Waals surface area contributed by atoms with Crippen molar-refractivity contribution in [3.8, 4) is 0 Å². The lowest BCUT2D eigenvalue weighted by Crippen LogP contribution is -2.23. The quantitative estimate of drug-likeness (QED) is 0.583. The van der Waals surface area contributed by atoms with Gasteiger partial charge in [-0.25, -0.2) is 4.39 Å². The van der Waals surface area contributed by atoms with E-state index in [1.807, 2.05) is 0 Å². The molecule has 0 aliphatic carbocycles. The summed E-state index contributed by atoms with van der Waals surface area (Å²) in [6, 6.07) is 0.